The van der Waals surface area contributed by atoms with Crippen LogP contribution in [0, 0.1) is 0 Å². The molecule has 1 aliphatic rings. The summed E-state index contributed by atoms with van der Waals surface area (Å²) >= 11 is 6.00. The standard InChI is InChI=1S/C26H18ClN3O3/c27-19-10-6-18(7-11-19)24-28-29-25(32-24)26(14-15-26)23-21(16-4-2-1-3-5-16)22(30-33-23)17-8-12-20(31)13-9-17/h1-13,31H,14-15H2. The van der Waals surface area contributed by atoms with Gasteiger partial charge in [0.05, 0.1) is 5.56 Å². The molecule has 5 aromatic rings. The number of nitrogens with zero attached hydrogens (tertiary/aromatic N) is 3. The number of benzene rings is 3. The number of hydrogen-bond acceptors (Lipinski definition) is 6. The highest BCUT2D eigenvalue weighted by Crippen LogP contribution is 2.57. The van der Waals surface area contributed by atoms with Gasteiger partial charge in [0.2, 0.25) is 11.8 Å². The van der Waals surface area contributed by atoms with Gasteiger partial charge in [-0.3, -0.25) is 0 Å². The smallest absolute Gasteiger partial charge is 0.247 e. The summed E-state index contributed by atoms with van der Waals surface area (Å²) in [7, 11) is 0. The Bertz CT molecular complexity index is 1420. The lowest BCUT2D eigenvalue weighted by Crippen LogP contribution is -2.09. The molecule has 33 heavy (non-hydrogen) atoms. The first-order chi connectivity index (χ1) is 16.1. The first-order valence-electron chi connectivity index (χ1n) is 10.6. The second-order valence-corrected chi connectivity index (χ2v) is 8.59. The van der Waals surface area contributed by atoms with E-state index in [0.717, 1.165) is 35.1 Å². The van der Waals surface area contributed by atoms with Gasteiger partial charge in [0.1, 0.15) is 16.9 Å². The van der Waals surface area contributed by atoms with Gasteiger partial charge in [-0.2, -0.15) is 0 Å². The maximum Gasteiger partial charge on any atom is 0.247 e. The largest absolute Gasteiger partial charge is 0.508 e. The molecule has 3 aromatic carbocycles. The van der Waals surface area contributed by atoms with Crippen LogP contribution < -0.4 is 0 Å². The highest BCUT2D eigenvalue weighted by atomic mass is 35.5. The zero-order valence-corrected chi connectivity index (χ0v) is 18.2. The van der Waals surface area contributed by atoms with Crippen LogP contribution in [-0.2, 0) is 5.41 Å². The molecule has 0 aliphatic heterocycles. The van der Waals surface area contributed by atoms with Crippen molar-refractivity contribution in [3.63, 3.8) is 0 Å². The fraction of sp³-hybridized carbons (Fsp3) is 0.115. The van der Waals surface area contributed by atoms with Crippen molar-refractivity contribution in [2.24, 2.45) is 0 Å². The molecule has 0 radical (unpaired) electrons. The summed E-state index contributed by atoms with van der Waals surface area (Å²) in [6.45, 7) is 0. The Kier molecular flexibility index (Phi) is 4.55. The van der Waals surface area contributed by atoms with Crippen molar-refractivity contribution in [3.05, 3.63) is 95.5 Å². The maximum atomic E-state index is 9.72. The van der Waals surface area contributed by atoms with Crippen molar-refractivity contribution in [3.8, 4) is 39.6 Å². The first kappa shape index (κ1) is 19.8. The summed E-state index contributed by atoms with van der Waals surface area (Å²) in [4.78, 5) is 0. The predicted octanol–water partition coefficient (Wildman–Crippen LogP) is 6.50. The van der Waals surface area contributed by atoms with Gasteiger partial charge in [-0.15, -0.1) is 10.2 Å². The molecule has 2 heterocycles. The second kappa shape index (κ2) is 7.60. The topological polar surface area (TPSA) is 85.2 Å². The van der Waals surface area contributed by atoms with Gasteiger partial charge in [-0.05, 0) is 66.9 Å². The maximum absolute atomic E-state index is 9.72. The Hall–Kier alpha value is -3.90. The van der Waals surface area contributed by atoms with Crippen LogP contribution >= 0.6 is 11.6 Å². The average molecular weight is 456 g/mol. The zero-order valence-electron chi connectivity index (χ0n) is 17.4. The van der Waals surface area contributed by atoms with Crippen LogP contribution in [0.3, 0.4) is 0 Å². The van der Waals surface area contributed by atoms with Crippen LogP contribution in [0.15, 0.2) is 87.8 Å². The molecule has 7 heteroatoms. The number of aromatic nitrogens is 3. The van der Waals surface area contributed by atoms with E-state index in [9.17, 15) is 5.11 Å². The van der Waals surface area contributed by atoms with Gasteiger partial charge in [0.25, 0.3) is 0 Å². The summed E-state index contributed by atoms with van der Waals surface area (Å²) in [5, 5.41) is 23.5. The number of rotatable bonds is 5. The van der Waals surface area contributed by atoms with E-state index in [4.69, 9.17) is 20.5 Å². The lowest BCUT2D eigenvalue weighted by molar-refractivity contribution is 0.345. The van der Waals surface area contributed by atoms with E-state index in [1.54, 1.807) is 24.3 Å². The SMILES string of the molecule is Oc1ccc(-c2noc(C3(c4nnc(-c5ccc(Cl)cc5)o4)CC3)c2-c2ccccc2)cc1. The van der Waals surface area contributed by atoms with Gasteiger partial charge in [0, 0.05) is 16.1 Å². The second-order valence-electron chi connectivity index (χ2n) is 8.15. The van der Waals surface area contributed by atoms with Crippen molar-refractivity contribution >= 4 is 11.6 Å². The van der Waals surface area contributed by atoms with Gasteiger partial charge < -0.3 is 14.0 Å². The van der Waals surface area contributed by atoms with E-state index in [1.807, 2.05) is 54.6 Å². The average Bonchev–Trinajstić information content (AvgIpc) is 3.28. The molecule has 0 bridgehead atoms. The third-order valence-corrected chi connectivity index (χ3v) is 6.26. The number of hydrogen-bond donors (Lipinski definition) is 1. The van der Waals surface area contributed by atoms with Crippen molar-refractivity contribution in [2.75, 3.05) is 0 Å². The molecule has 6 rings (SSSR count). The van der Waals surface area contributed by atoms with Crippen molar-refractivity contribution < 1.29 is 14.0 Å². The molecule has 0 atom stereocenters. The summed E-state index contributed by atoms with van der Waals surface area (Å²) in [5.74, 6) is 1.86. The molecule has 1 N–H and O–H groups in total. The van der Waals surface area contributed by atoms with Crippen LogP contribution in [0.2, 0.25) is 5.02 Å². The molecule has 2 aromatic heterocycles. The van der Waals surface area contributed by atoms with Crippen molar-refractivity contribution in [1.82, 2.24) is 15.4 Å². The van der Waals surface area contributed by atoms with Gasteiger partial charge in [-0.25, -0.2) is 0 Å². The molecule has 0 saturated heterocycles. The van der Waals surface area contributed by atoms with Crippen LogP contribution in [0.5, 0.6) is 5.75 Å². The van der Waals surface area contributed by atoms with Crippen LogP contribution in [0.1, 0.15) is 24.5 Å². The molecule has 0 unspecified atom stereocenters. The Labute approximate surface area is 194 Å². The van der Waals surface area contributed by atoms with E-state index in [0.29, 0.717) is 28.3 Å². The van der Waals surface area contributed by atoms with Crippen LogP contribution in [0.4, 0.5) is 0 Å². The lowest BCUT2D eigenvalue weighted by atomic mass is 9.92. The summed E-state index contributed by atoms with van der Waals surface area (Å²) in [5.41, 5.74) is 3.72. The third-order valence-electron chi connectivity index (χ3n) is 6.01. The first-order valence-corrected chi connectivity index (χ1v) is 11.0. The minimum atomic E-state index is -0.523. The minimum Gasteiger partial charge on any atom is -0.508 e. The molecule has 162 valence electrons. The Morgan fingerprint density at radius 1 is 0.788 bits per heavy atom. The van der Waals surface area contributed by atoms with E-state index >= 15 is 0 Å². The molecular formula is C26H18ClN3O3. The number of phenolic OH excluding ortho intramolecular Hbond substituents is 1. The van der Waals surface area contributed by atoms with Crippen LogP contribution in [-0.4, -0.2) is 20.5 Å². The quantitative estimate of drug-likeness (QED) is 0.325. The highest BCUT2D eigenvalue weighted by molar-refractivity contribution is 6.30. The van der Waals surface area contributed by atoms with E-state index in [2.05, 4.69) is 15.4 Å². The number of aromatic hydroxyl groups is 1. The van der Waals surface area contributed by atoms with Gasteiger partial charge in [0.15, 0.2) is 5.76 Å². The lowest BCUT2D eigenvalue weighted by Gasteiger charge is -2.10. The molecule has 1 fully saturated rings. The Morgan fingerprint density at radius 2 is 1.48 bits per heavy atom. The Morgan fingerprint density at radius 3 is 2.18 bits per heavy atom. The summed E-state index contributed by atoms with van der Waals surface area (Å²) in [6, 6.07) is 24.2. The summed E-state index contributed by atoms with van der Waals surface area (Å²) in [6.07, 6.45) is 1.64. The fourth-order valence-corrected chi connectivity index (χ4v) is 4.22. The summed E-state index contributed by atoms with van der Waals surface area (Å²) < 4.78 is 12.1. The number of halogens is 1. The van der Waals surface area contributed by atoms with Crippen LogP contribution in [0.25, 0.3) is 33.8 Å². The van der Waals surface area contributed by atoms with E-state index in [-0.39, 0.29) is 5.75 Å². The zero-order chi connectivity index (χ0) is 22.4. The van der Waals surface area contributed by atoms with E-state index in [1.165, 1.54) is 0 Å². The molecule has 1 aliphatic carbocycles. The predicted molar refractivity (Wildman–Crippen MR) is 124 cm³/mol. The minimum absolute atomic E-state index is 0.197. The molecule has 0 spiro atoms. The number of phenols is 1. The highest BCUT2D eigenvalue weighted by Gasteiger charge is 2.56. The third kappa shape index (κ3) is 3.39. The Balaban J connectivity index is 1.47. The molecule has 6 nitrogen and oxygen atoms in total. The molecule has 0 amide bonds. The molecule has 1 saturated carbocycles. The van der Waals surface area contributed by atoms with Crippen molar-refractivity contribution in [1.29, 1.82) is 0 Å². The van der Waals surface area contributed by atoms with Gasteiger partial charge >= 0.3 is 0 Å². The van der Waals surface area contributed by atoms with Crippen molar-refractivity contribution in [2.45, 2.75) is 18.3 Å². The molecular weight excluding hydrogens is 438 g/mol. The van der Waals surface area contributed by atoms with E-state index < -0.39 is 5.41 Å². The monoisotopic (exact) mass is 455 g/mol. The normalized spacial score (nSPS) is 14.3. The van der Waals surface area contributed by atoms with Gasteiger partial charge in [-0.1, -0.05) is 47.1 Å². The fourth-order valence-electron chi connectivity index (χ4n) is 4.09.